The molecule has 2 atom stereocenters. The van der Waals surface area contributed by atoms with Crippen molar-refractivity contribution < 1.29 is 19.0 Å². The van der Waals surface area contributed by atoms with Gasteiger partial charge in [-0.1, -0.05) is 6.07 Å². The Labute approximate surface area is 155 Å². The SMILES string of the molecule is CNc1nc(-c2ccc(C#N)c(F)c2)cc(N2CC(C(=O)O)OCC2C)n1. The Morgan fingerprint density at radius 1 is 1.44 bits per heavy atom. The zero-order valence-electron chi connectivity index (χ0n) is 14.8. The van der Waals surface area contributed by atoms with Gasteiger partial charge in [-0.3, -0.25) is 0 Å². The minimum atomic E-state index is -1.04. The van der Waals surface area contributed by atoms with Gasteiger partial charge in [-0.25, -0.2) is 14.2 Å². The highest BCUT2D eigenvalue weighted by molar-refractivity contribution is 5.74. The van der Waals surface area contributed by atoms with Crippen molar-refractivity contribution in [1.29, 1.82) is 5.26 Å². The maximum absolute atomic E-state index is 14.0. The van der Waals surface area contributed by atoms with E-state index < -0.39 is 17.9 Å². The molecular weight excluding hydrogens is 353 g/mol. The zero-order valence-corrected chi connectivity index (χ0v) is 14.8. The Bertz CT molecular complexity index is 914. The van der Waals surface area contributed by atoms with Crippen molar-refractivity contribution >= 4 is 17.7 Å². The quantitative estimate of drug-likeness (QED) is 0.838. The number of carboxylic acid groups (broad SMARTS) is 1. The van der Waals surface area contributed by atoms with Gasteiger partial charge in [-0.2, -0.15) is 10.2 Å². The van der Waals surface area contributed by atoms with Gasteiger partial charge >= 0.3 is 5.97 Å². The Hall–Kier alpha value is -3.25. The van der Waals surface area contributed by atoms with Crippen LogP contribution in [0.5, 0.6) is 0 Å². The molecule has 3 rings (SSSR count). The van der Waals surface area contributed by atoms with E-state index >= 15 is 0 Å². The van der Waals surface area contributed by atoms with Gasteiger partial charge in [0.2, 0.25) is 5.95 Å². The smallest absolute Gasteiger partial charge is 0.334 e. The van der Waals surface area contributed by atoms with Crippen LogP contribution in [0.15, 0.2) is 24.3 Å². The van der Waals surface area contributed by atoms with E-state index in [1.165, 1.54) is 12.1 Å². The van der Waals surface area contributed by atoms with Crippen molar-refractivity contribution in [3.8, 4) is 17.3 Å². The van der Waals surface area contributed by atoms with Crippen LogP contribution in [0, 0.1) is 17.1 Å². The lowest BCUT2D eigenvalue weighted by molar-refractivity contribution is -0.151. The second-order valence-corrected chi connectivity index (χ2v) is 6.15. The van der Waals surface area contributed by atoms with Gasteiger partial charge in [0.1, 0.15) is 17.7 Å². The fraction of sp³-hybridized carbons (Fsp3) is 0.333. The lowest BCUT2D eigenvalue weighted by Crippen LogP contribution is -2.51. The number of hydrogen-bond donors (Lipinski definition) is 2. The molecule has 2 N–H and O–H groups in total. The summed E-state index contributed by atoms with van der Waals surface area (Å²) < 4.78 is 19.3. The standard InChI is InChI=1S/C18H18FN5O3/c1-10-9-27-15(17(25)26)8-24(10)16-6-14(22-18(21-2)23-16)11-3-4-12(7-20)13(19)5-11/h3-6,10,15H,8-9H2,1-2H3,(H,25,26)(H,21,22,23). The van der Waals surface area contributed by atoms with E-state index in [9.17, 15) is 14.3 Å². The molecule has 1 fully saturated rings. The number of carbonyl (C=O) groups is 1. The van der Waals surface area contributed by atoms with Crippen molar-refractivity contribution in [3.63, 3.8) is 0 Å². The number of ether oxygens (including phenoxy) is 1. The van der Waals surface area contributed by atoms with E-state index in [0.717, 1.165) is 0 Å². The number of nitrogens with zero attached hydrogens (tertiary/aromatic N) is 4. The molecule has 27 heavy (non-hydrogen) atoms. The van der Waals surface area contributed by atoms with Crippen LogP contribution in [0.3, 0.4) is 0 Å². The van der Waals surface area contributed by atoms with Crippen LogP contribution in [0.4, 0.5) is 16.2 Å². The number of benzene rings is 1. The number of nitrogens with one attached hydrogen (secondary N) is 1. The molecule has 9 heteroatoms. The van der Waals surface area contributed by atoms with Crippen molar-refractivity contribution in [2.45, 2.75) is 19.1 Å². The molecular formula is C18H18FN5O3. The Kier molecular flexibility index (Phi) is 5.19. The molecule has 0 radical (unpaired) electrons. The number of carboxylic acids is 1. The predicted molar refractivity (Wildman–Crippen MR) is 95.9 cm³/mol. The number of hydrogen-bond acceptors (Lipinski definition) is 7. The molecule has 0 spiro atoms. The van der Waals surface area contributed by atoms with E-state index in [1.807, 2.05) is 11.8 Å². The van der Waals surface area contributed by atoms with Gasteiger partial charge in [0, 0.05) is 18.7 Å². The summed E-state index contributed by atoms with van der Waals surface area (Å²) >= 11 is 0. The van der Waals surface area contributed by atoms with E-state index in [2.05, 4.69) is 15.3 Å². The summed E-state index contributed by atoms with van der Waals surface area (Å²) in [6, 6.07) is 7.60. The second-order valence-electron chi connectivity index (χ2n) is 6.15. The third-order valence-electron chi connectivity index (χ3n) is 4.32. The highest BCUT2D eigenvalue weighted by atomic mass is 19.1. The average molecular weight is 371 g/mol. The number of aromatic nitrogens is 2. The number of halogens is 1. The van der Waals surface area contributed by atoms with E-state index in [-0.39, 0.29) is 24.8 Å². The summed E-state index contributed by atoms with van der Waals surface area (Å²) in [5.41, 5.74) is 0.897. The third kappa shape index (κ3) is 3.80. The molecule has 1 aromatic carbocycles. The van der Waals surface area contributed by atoms with Gasteiger partial charge < -0.3 is 20.1 Å². The van der Waals surface area contributed by atoms with Crippen LogP contribution in [-0.4, -0.2) is 53.4 Å². The number of morpholine rings is 1. The molecule has 140 valence electrons. The lowest BCUT2D eigenvalue weighted by atomic mass is 10.1. The first-order valence-electron chi connectivity index (χ1n) is 8.31. The van der Waals surface area contributed by atoms with Crippen molar-refractivity contribution in [2.75, 3.05) is 30.4 Å². The first-order valence-corrected chi connectivity index (χ1v) is 8.31. The molecule has 2 heterocycles. The fourth-order valence-corrected chi connectivity index (χ4v) is 2.83. The van der Waals surface area contributed by atoms with Crippen molar-refractivity contribution in [3.05, 3.63) is 35.6 Å². The van der Waals surface area contributed by atoms with Gasteiger partial charge in [0.25, 0.3) is 0 Å². The second kappa shape index (κ2) is 7.55. The summed E-state index contributed by atoms with van der Waals surface area (Å²) in [4.78, 5) is 21.9. The highest BCUT2D eigenvalue weighted by Gasteiger charge is 2.31. The van der Waals surface area contributed by atoms with E-state index in [0.29, 0.717) is 23.0 Å². The van der Waals surface area contributed by atoms with Crippen LogP contribution in [0.1, 0.15) is 12.5 Å². The predicted octanol–water partition coefficient (Wildman–Crippen LogP) is 1.87. The molecule has 0 saturated carbocycles. The van der Waals surface area contributed by atoms with Crippen LogP contribution in [0.25, 0.3) is 11.3 Å². The Morgan fingerprint density at radius 2 is 2.22 bits per heavy atom. The normalized spacial score (nSPS) is 19.4. The third-order valence-corrected chi connectivity index (χ3v) is 4.32. The molecule has 1 saturated heterocycles. The Balaban J connectivity index is 2.02. The monoisotopic (exact) mass is 371 g/mol. The number of nitriles is 1. The maximum atomic E-state index is 14.0. The molecule has 2 unspecified atom stereocenters. The summed E-state index contributed by atoms with van der Waals surface area (Å²) in [6.45, 7) is 2.29. The number of anilines is 2. The maximum Gasteiger partial charge on any atom is 0.334 e. The Morgan fingerprint density at radius 3 is 2.85 bits per heavy atom. The molecule has 1 aromatic heterocycles. The van der Waals surface area contributed by atoms with Crippen LogP contribution < -0.4 is 10.2 Å². The average Bonchev–Trinajstić information content (AvgIpc) is 2.67. The van der Waals surface area contributed by atoms with Crippen LogP contribution >= 0.6 is 0 Å². The summed E-state index contributed by atoms with van der Waals surface area (Å²) in [5.74, 6) is -0.843. The lowest BCUT2D eigenvalue weighted by Gasteiger charge is -2.37. The molecule has 0 amide bonds. The van der Waals surface area contributed by atoms with Crippen LogP contribution in [0.2, 0.25) is 0 Å². The van der Waals surface area contributed by atoms with Crippen LogP contribution in [-0.2, 0) is 9.53 Å². The van der Waals surface area contributed by atoms with Gasteiger partial charge in [-0.15, -0.1) is 0 Å². The topological polar surface area (TPSA) is 111 Å². The summed E-state index contributed by atoms with van der Waals surface area (Å²) in [5, 5.41) is 21.0. The van der Waals surface area contributed by atoms with Crippen molar-refractivity contribution in [2.24, 2.45) is 0 Å². The van der Waals surface area contributed by atoms with Gasteiger partial charge in [0.05, 0.1) is 30.5 Å². The van der Waals surface area contributed by atoms with E-state index in [4.69, 9.17) is 10.00 Å². The molecule has 8 nitrogen and oxygen atoms in total. The number of aliphatic carboxylic acids is 1. The summed E-state index contributed by atoms with van der Waals surface area (Å²) in [7, 11) is 1.66. The molecule has 0 aliphatic carbocycles. The molecule has 2 aromatic rings. The molecule has 1 aliphatic rings. The first kappa shape index (κ1) is 18.5. The zero-order chi connectivity index (χ0) is 19.6. The minimum absolute atomic E-state index is 0.0482. The largest absolute Gasteiger partial charge is 0.479 e. The van der Waals surface area contributed by atoms with Gasteiger partial charge in [0.15, 0.2) is 6.10 Å². The summed E-state index contributed by atoms with van der Waals surface area (Å²) in [6.07, 6.45) is -0.954. The highest BCUT2D eigenvalue weighted by Crippen LogP contribution is 2.27. The fourth-order valence-electron chi connectivity index (χ4n) is 2.83. The first-order chi connectivity index (χ1) is 12.9. The molecule has 1 aliphatic heterocycles. The van der Waals surface area contributed by atoms with Gasteiger partial charge in [-0.05, 0) is 19.1 Å². The van der Waals surface area contributed by atoms with Crippen molar-refractivity contribution in [1.82, 2.24) is 9.97 Å². The minimum Gasteiger partial charge on any atom is -0.479 e. The number of rotatable bonds is 4. The van der Waals surface area contributed by atoms with E-state index in [1.54, 1.807) is 25.2 Å². The molecule has 0 bridgehead atoms.